The zero-order valence-electron chi connectivity index (χ0n) is 8.88. The van der Waals surface area contributed by atoms with Crippen LogP contribution >= 0.6 is 15.9 Å². The Labute approximate surface area is 98.4 Å². The molecule has 2 N–H and O–H groups in total. The zero-order chi connectivity index (χ0) is 11.3. The molecule has 0 heterocycles. The number of hydrogen-bond acceptors (Lipinski definition) is 2. The molecule has 0 aromatic heterocycles. The van der Waals surface area contributed by atoms with Gasteiger partial charge in [-0.15, -0.1) is 0 Å². The van der Waals surface area contributed by atoms with E-state index in [1.807, 2.05) is 38.1 Å². The fourth-order valence-electron chi connectivity index (χ4n) is 1.15. The van der Waals surface area contributed by atoms with Crippen molar-refractivity contribution in [2.24, 2.45) is 0 Å². The van der Waals surface area contributed by atoms with Crippen molar-refractivity contribution in [3.8, 4) is 0 Å². The van der Waals surface area contributed by atoms with Crippen LogP contribution in [0.15, 0.2) is 28.7 Å². The van der Waals surface area contributed by atoms with Gasteiger partial charge in [-0.3, -0.25) is 4.79 Å². The molecule has 0 saturated carbocycles. The van der Waals surface area contributed by atoms with Gasteiger partial charge in [0, 0.05) is 16.2 Å². The van der Waals surface area contributed by atoms with Crippen LogP contribution in [0.1, 0.15) is 13.8 Å². The number of nitrogens with one attached hydrogen (secondary N) is 2. The maximum Gasteiger partial charge on any atom is 0.239 e. The summed E-state index contributed by atoms with van der Waals surface area (Å²) in [6.45, 7) is 4.17. The first kappa shape index (κ1) is 12.0. The smallest absolute Gasteiger partial charge is 0.239 e. The largest absolute Gasteiger partial charge is 0.375 e. The number of benzene rings is 1. The summed E-state index contributed by atoms with van der Waals surface area (Å²) in [4.78, 5) is 11.3. The SMILES string of the molecule is CC(C)NC(=O)CNc1ccccc1Br. The fraction of sp³-hybridized carbons (Fsp3) is 0.364. The van der Waals surface area contributed by atoms with Gasteiger partial charge in [0.05, 0.1) is 6.54 Å². The molecule has 1 rings (SSSR count). The zero-order valence-corrected chi connectivity index (χ0v) is 10.5. The quantitative estimate of drug-likeness (QED) is 0.882. The van der Waals surface area contributed by atoms with Gasteiger partial charge in [-0.1, -0.05) is 12.1 Å². The Morgan fingerprint density at radius 2 is 2.07 bits per heavy atom. The molecule has 82 valence electrons. The van der Waals surface area contributed by atoms with E-state index in [-0.39, 0.29) is 11.9 Å². The van der Waals surface area contributed by atoms with Gasteiger partial charge in [0.25, 0.3) is 0 Å². The molecule has 0 aliphatic carbocycles. The van der Waals surface area contributed by atoms with E-state index >= 15 is 0 Å². The van der Waals surface area contributed by atoms with Crippen LogP contribution in [0.2, 0.25) is 0 Å². The highest BCUT2D eigenvalue weighted by Gasteiger charge is 2.03. The minimum absolute atomic E-state index is 0.000697. The van der Waals surface area contributed by atoms with Crippen molar-refractivity contribution < 1.29 is 4.79 Å². The van der Waals surface area contributed by atoms with E-state index in [2.05, 4.69) is 26.6 Å². The number of carbonyl (C=O) groups excluding carboxylic acids is 1. The number of halogens is 1. The molecule has 0 spiro atoms. The minimum Gasteiger partial charge on any atom is -0.375 e. The minimum atomic E-state index is 0.000697. The first-order valence-corrected chi connectivity index (χ1v) is 5.66. The molecule has 1 amide bonds. The molecule has 1 aromatic rings. The normalized spacial score (nSPS) is 10.1. The molecule has 0 bridgehead atoms. The topological polar surface area (TPSA) is 41.1 Å². The van der Waals surface area contributed by atoms with Crippen LogP contribution < -0.4 is 10.6 Å². The average Bonchev–Trinajstić information content (AvgIpc) is 2.15. The predicted octanol–water partition coefficient (Wildman–Crippen LogP) is 2.39. The summed E-state index contributed by atoms with van der Waals surface area (Å²) >= 11 is 3.40. The number of hydrogen-bond donors (Lipinski definition) is 2. The summed E-state index contributed by atoms with van der Waals surface area (Å²) in [5.74, 6) is 0.000697. The lowest BCUT2D eigenvalue weighted by Gasteiger charge is -2.10. The Kier molecular flexibility index (Phi) is 4.62. The van der Waals surface area contributed by atoms with Crippen LogP contribution in [0.25, 0.3) is 0 Å². The van der Waals surface area contributed by atoms with E-state index in [1.165, 1.54) is 0 Å². The van der Waals surface area contributed by atoms with Gasteiger partial charge in [-0.25, -0.2) is 0 Å². The molecule has 0 atom stereocenters. The Bertz CT molecular complexity index is 339. The highest BCUT2D eigenvalue weighted by molar-refractivity contribution is 9.10. The molecular formula is C11H15BrN2O. The van der Waals surface area contributed by atoms with Gasteiger partial charge < -0.3 is 10.6 Å². The van der Waals surface area contributed by atoms with E-state index in [0.29, 0.717) is 6.54 Å². The van der Waals surface area contributed by atoms with Gasteiger partial charge >= 0.3 is 0 Å². The van der Waals surface area contributed by atoms with Crippen molar-refractivity contribution in [3.05, 3.63) is 28.7 Å². The number of rotatable bonds is 4. The van der Waals surface area contributed by atoms with Crippen molar-refractivity contribution >= 4 is 27.5 Å². The van der Waals surface area contributed by atoms with Crippen LogP contribution in [0.3, 0.4) is 0 Å². The summed E-state index contributed by atoms with van der Waals surface area (Å²) in [7, 11) is 0. The summed E-state index contributed by atoms with van der Waals surface area (Å²) in [6, 6.07) is 7.89. The molecule has 3 nitrogen and oxygen atoms in total. The van der Waals surface area contributed by atoms with Crippen molar-refractivity contribution in [1.82, 2.24) is 5.32 Å². The Morgan fingerprint density at radius 1 is 1.40 bits per heavy atom. The van der Waals surface area contributed by atoms with Crippen molar-refractivity contribution in [3.63, 3.8) is 0 Å². The predicted molar refractivity (Wildman–Crippen MR) is 65.9 cm³/mol. The van der Waals surface area contributed by atoms with E-state index < -0.39 is 0 Å². The van der Waals surface area contributed by atoms with Gasteiger partial charge in [0.15, 0.2) is 0 Å². The van der Waals surface area contributed by atoms with Gasteiger partial charge in [0.1, 0.15) is 0 Å². The number of carbonyl (C=O) groups is 1. The van der Waals surface area contributed by atoms with Crippen molar-refractivity contribution in [2.75, 3.05) is 11.9 Å². The third kappa shape index (κ3) is 4.34. The maximum atomic E-state index is 11.3. The van der Waals surface area contributed by atoms with E-state index in [0.717, 1.165) is 10.2 Å². The molecule has 0 saturated heterocycles. The highest BCUT2D eigenvalue weighted by atomic mass is 79.9. The van der Waals surface area contributed by atoms with Crippen LogP contribution in [0.5, 0.6) is 0 Å². The Hall–Kier alpha value is -1.03. The Balaban J connectivity index is 2.44. The van der Waals surface area contributed by atoms with Crippen LogP contribution in [0.4, 0.5) is 5.69 Å². The molecule has 0 aliphatic heterocycles. The average molecular weight is 271 g/mol. The fourth-order valence-corrected chi connectivity index (χ4v) is 1.58. The van der Waals surface area contributed by atoms with Crippen molar-refractivity contribution in [1.29, 1.82) is 0 Å². The Morgan fingerprint density at radius 3 is 2.67 bits per heavy atom. The van der Waals surface area contributed by atoms with E-state index in [4.69, 9.17) is 0 Å². The molecule has 15 heavy (non-hydrogen) atoms. The van der Waals surface area contributed by atoms with Crippen molar-refractivity contribution in [2.45, 2.75) is 19.9 Å². The molecule has 0 unspecified atom stereocenters. The number of amides is 1. The van der Waals surface area contributed by atoms with Crippen LogP contribution in [0, 0.1) is 0 Å². The molecule has 0 aliphatic rings. The van der Waals surface area contributed by atoms with Crippen LogP contribution in [-0.2, 0) is 4.79 Å². The molecule has 0 radical (unpaired) electrons. The first-order valence-electron chi connectivity index (χ1n) is 4.87. The molecule has 0 fully saturated rings. The lowest BCUT2D eigenvalue weighted by Crippen LogP contribution is -2.34. The second kappa shape index (κ2) is 5.75. The lowest BCUT2D eigenvalue weighted by atomic mass is 10.3. The van der Waals surface area contributed by atoms with E-state index in [1.54, 1.807) is 0 Å². The van der Waals surface area contributed by atoms with Gasteiger partial charge in [-0.2, -0.15) is 0 Å². The number of para-hydroxylation sites is 1. The highest BCUT2D eigenvalue weighted by Crippen LogP contribution is 2.20. The monoisotopic (exact) mass is 270 g/mol. The third-order valence-electron chi connectivity index (χ3n) is 1.76. The number of anilines is 1. The second-order valence-electron chi connectivity index (χ2n) is 3.56. The first-order chi connectivity index (χ1) is 7.09. The standard InChI is InChI=1S/C11H15BrN2O/c1-8(2)14-11(15)7-13-10-6-4-3-5-9(10)12/h3-6,8,13H,7H2,1-2H3,(H,14,15). The summed E-state index contributed by atoms with van der Waals surface area (Å²) in [5.41, 5.74) is 0.927. The summed E-state index contributed by atoms with van der Waals surface area (Å²) < 4.78 is 0.961. The maximum absolute atomic E-state index is 11.3. The van der Waals surface area contributed by atoms with Gasteiger partial charge in [0.2, 0.25) is 5.91 Å². The molecular weight excluding hydrogens is 256 g/mol. The van der Waals surface area contributed by atoms with Crippen LogP contribution in [-0.4, -0.2) is 18.5 Å². The summed E-state index contributed by atoms with van der Waals surface area (Å²) in [6.07, 6.45) is 0. The molecule has 1 aromatic carbocycles. The second-order valence-corrected chi connectivity index (χ2v) is 4.41. The molecule has 4 heteroatoms. The van der Waals surface area contributed by atoms with Gasteiger partial charge in [-0.05, 0) is 41.9 Å². The third-order valence-corrected chi connectivity index (χ3v) is 2.45. The summed E-state index contributed by atoms with van der Waals surface area (Å²) in [5, 5.41) is 5.87. The lowest BCUT2D eigenvalue weighted by molar-refractivity contribution is -0.119. The van der Waals surface area contributed by atoms with E-state index in [9.17, 15) is 4.79 Å².